The molecule has 1 unspecified atom stereocenters. The molecule has 2 aromatic carbocycles. The van der Waals surface area contributed by atoms with E-state index in [2.05, 4.69) is 20.8 Å². The van der Waals surface area contributed by atoms with Crippen molar-refractivity contribution in [3.63, 3.8) is 0 Å². The van der Waals surface area contributed by atoms with Crippen LogP contribution < -0.4 is 10.6 Å². The first kappa shape index (κ1) is 26.8. The zero-order valence-electron chi connectivity index (χ0n) is 20.8. The molecule has 1 aliphatic rings. The maximum Gasteiger partial charge on any atom is 0.276 e. The van der Waals surface area contributed by atoms with Crippen LogP contribution in [-0.4, -0.2) is 64.7 Å². The van der Waals surface area contributed by atoms with Crippen LogP contribution in [0, 0.1) is 11.2 Å². The molecule has 4 rings (SSSR count). The number of aromatic nitrogens is 2. The fourth-order valence-electron chi connectivity index (χ4n) is 4.18. The molecule has 0 radical (unpaired) electrons. The maximum absolute atomic E-state index is 15.1. The van der Waals surface area contributed by atoms with Gasteiger partial charge in [-0.3, -0.25) is 9.59 Å². The van der Waals surface area contributed by atoms with E-state index in [0.29, 0.717) is 16.8 Å². The third-order valence-corrected chi connectivity index (χ3v) is 6.11. The van der Waals surface area contributed by atoms with Crippen molar-refractivity contribution >= 4 is 23.7 Å². The summed E-state index contributed by atoms with van der Waals surface area (Å²) in [7, 11) is 0. The van der Waals surface area contributed by atoms with Gasteiger partial charge in [0.05, 0.1) is 13.1 Å². The number of rotatable bonds is 8. The van der Waals surface area contributed by atoms with Crippen molar-refractivity contribution < 1.29 is 27.3 Å². The Morgan fingerprint density at radius 3 is 2.63 bits per heavy atom. The summed E-state index contributed by atoms with van der Waals surface area (Å²) in [4.78, 5) is 29.9. The smallest absolute Gasteiger partial charge is 0.276 e. The summed E-state index contributed by atoms with van der Waals surface area (Å²) >= 11 is 0. The molecule has 1 fully saturated rings. The van der Waals surface area contributed by atoms with Gasteiger partial charge in [-0.15, -0.1) is 0 Å². The highest BCUT2D eigenvalue weighted by Crippen LogP contribution is 2.40. The van der Waals surface area contributed by atoms with Crippen molar-refractivity contribution in [1.82, 2.24) is 20.4 Å². The molecule has 200 valence electrons. The zero-order valence-corrected chi connectivity index (χ0v) is 20.8. The van der Waals surface area contributed by atoms with Crippen LogP contribution in [0.4, 0.5) is 18.9 Å². The predicted molar refractivity (Wildman–Crippen MR) is 134 cm³/mol. The average molecular weight is 529 g/mol. The molecule has 1 atom stereocenters. The van der Waals surface area contributed by atoms with Crippen LogP contribution >= 0.6 is 0 Å². The Bertz CT molecular complexity index is 1330. The highest BCUT2D eigenvalue weighted by Gasteiger charge is 2.49. The quantitative estimate of drug-likeness (QED) is 0.379. The first-order chi connectivity index (χ1) is 18.1. The van der Waals surface area contributed by atoms with Gasteiger partial charge in [0.2, 0.25) is 17.6 Å². The van der Waals surface area contributed by atoms with E-state index in [1.54, 1.807) is 18.2 Å². The molecule has 0 aliphatic carbocycles. The van der Waals surface area contributed by atoms with Crippen molar-refractivity contribution in [2.45, 2.75) is 38.2 Å². The van der Waals surface area contributed by atoms with E-state index in [1.165, 1.54) is 18.3 Å². The van der Waals surface area contributed by atoms with Gasteiger partial charge in [0.15, 0.2) is 0 Å². The lowest BCUT2D eigenvalue weighted by Gasteiger charge is -2.36. The lowest BCUT2D eigenvalue weighted by atomic mass is 9.92. The Balaban J connectivity index is 1.40. The number of nitrogens with zero attached hydrogens (tertiary/aromatic N) is 3. The number of piperidine rings is 1. The molecule has 12 heteroatoms. The minimum atomic E-state index is -3.34. The second kappa shape index (κ2) is 11.0. The highest BCUT2D eigenvalue weighted by molar-refractivity contribution is 5.96. The molecule has 0 spiro atoms. The minimum Gasteiger partial charge on any atom is -0.382 e. The summed E-state index contributed by atoms with van der Waals surface area (Å²) in [6.07, 6.45) is 1.10. The molecule has 38 heavy (non-hydrogen) atoms. The Morgan fingerprint density at radius 1 is 1.24 bits per heavy atom. The monoisotopic (exact) mass is 528 g/mol. The number of hydrogen-bond donors (Lipinski definition) is 3. The third kappa shape index (κ3) is 6.01. The molecule has 1 saturated heterocycles. The normalized spacial score (nSPS) is 16.8. The molecular formula is C26H27F3N6O3. The summed E-state index contributed by atoms with van der Waals surface area (Å²) in [5.74, 6) is -6.59. The maximum atomic E-state index is 15.1. The number of carbonyl (C=O) groups is 2. The minimum absolute atomic E-state index is 0.0136. The Morgan fingerprint density at radius 2 is 1.97 bits per heavy atom. The topological polar surface area (TPSA) is 124 Å². The van der Waals surface area contributed by atoms with Crippen LogP contribution in [0.2, 0.25) is 0 Å². The summed E-state index contributed by atoms with van der Waals surface area (Å²) < 4.78 is 48.4. The number of alkyl halides is 2. The fraction of sp³-hybridized carbons (Fsp3) is 0.346. The van der Waals surface area contributed by atoms with Crippen LogP contribution in [0.3, 0.4) is 0 Å². The van der Waals surface area contributed by atoms with Crippen LogP contribution in [0.25, 0.3) is 11.4 Å². The van der Waals surface area contributed by atoms with Gasteiger partial charge in [0.1, 0.15) is 11.7 Å². The molecule has 9 nitrogen and oxygen atoms in total. The van der Waals surface area contributed by atoms with Crippen molar-refractivity contribution in [3.05, 3.63) is 65.3 Å². The van der Waals surface area contributed by atoms with E-state index in [9.17, 15) is 14.0 Å². The SMILES string of the molecule is CC(C)Nc1cc(-c2noc(C3CCN(C(=O)CNC(=O)c4ccc(F)cc4)CC3(F)F)n2)ccc1C=N. The molecule has 3 aromatic rings. The number of hydrogen-bond acceptors (Lipinski definition) is 7. The summed E-state index contributed by atoms with van der Waals surface area (Å²) in [5, 5.41) is 17.1. The number of amides is 2. The third-order valence-electron chi connectivity index (χ3n) is 6.11. The van der Waals surface area contributed by atoms with E-state index in [-0.39, 0.29) is 36.3 Å². The van der Waals surface area contributed by atoms with Crippen LogP contribution in [0.1, 0.15) is 48.0 Å². The number of likely N-dealkylation sites (tertiary alicyclic amines) is 1. The van der Waals surface area contributed by atoms with Gasteiger partial charge in [-0.05, 0) is 50.6 Å². The second-order valence-corrected chi connectivity index (χ2v) is 9.31. The van der Waals surface area contributed by atoms with Gasteiger partial charge in [0, 0.05) is 41.2 Å². The largest absolute Gasteiger partial charge is 0.382 e. The van der Waals surface area contributed by atoms with Gasteiger partial charge in [-0.2, -0.15) is 4.98 Å². The van der Waals surface area contributed by atoms with E-state index in [4.69, 9.17) is 9.93 Å². The van der Waals surface area contributed by atoms with E-state index in [1.807, 2.05) is 13.8 Å². The first-order valence-corrected chi connectivity index (χ1v) is 12.0. The van der Waals surface area contributed by atoms with Gasteiger partial charge < -0.3 is 25.5 Å². The van der Waals surface area contributed by atoms with E-state index < -0.39 is 42.6 Å². The number of benzene rings is 2. The Labute approximate surface area is 216 Å². The van der Waals surface area contributed by atoms with Crippen LogP contribution in [0.5, 0.6) is 0 Å². The van der Waals surface area contributed by atoms with Crippen molar-refractivity contribution in [1.29, 1.82) is 5.41 Å². The molecule has 1 aliphatic heterocycles. The van der Waals surface area contributed by atoms with E-state index in [0.717, 1.165) is 17.0 Å². The van der Waals surface area contributed by atoms with Crippen molar-refractivity contribution in [2.75, 3.05) is 25.0 Å². The summed E-state index contributed by atoms with van der Waals surface area (Å²) in [6, 6.07) is 9.96. The van der Waals surface area contributed by atoms with Crippen LogP contribution in [-0.2, 0) is 4.79 Å². The number of anilines is 1. The fourth-order valence-corrected chi connectivity index (χ4v) is 4.18. The summed E-state index contributed by atoms with van der Waals surface area (Å²) in [5.41, 5.74) is 2.03. The Kier molecular flexibility index (Phi) is 7.79. The Hall–Kier alpha value is -4.22. The lowest BCUT2D eigenvalue weighted by molar-refractivity contribution is -0.144. The van der Waals surface area contributed by atoms with E-state index >= 15 is 8.78 Å². The number of halogens is 3. The highest BCUT2D eigenvalue weighted by atomic mass is 19.3. The standard InChI is InChI=1S/C26H27F3N6O3/c1-15(2)32-21-11-17(3-4-18(21)12-30)23-33-25(38-34-23)20-9-10-35(14-26(20,28)29)22(36)13-31-24(37)16-5-7-19(27)8-6-16/h3-8,11-12,15,20,30,32H,9-10,13-14H2,1-2H3,(H,31,37). The molecule has 0 saturated carbocycles. The second-order valence-electron chi connectivity index (χ2n) is 9.31. The number of carbonyl (C=O) groups excluding carboxylic acids is 2. The van der Waals surface area contributed by atoms with Gasteiger partial charge in [0.25, 0.3) is 11.8 Å². The predicted octanol–water partition coefficient (Wildman–Crippen LogP) is 4.07. The molecule has 2 amide bonds. The molecular weight excluding hydrogens is 501 g/mol. The molecule has 1 aromatic heterocycles. The van der Waals surface area contributed by atoms with Crippen LogP contribution in [0.15, 0.2) is 47.0 Å². The zero-order chi connectivity index (χ0) is 27.4. The number of nitrogens with one attached hydrogen (secondary N) is 3. The van der Waals surface area contributed by atoms with Gasteiger partial charge in [-0.1, -0.05) is 17.3 Å². The summed E-state index contributed by atoms with van der Waals surface area (Å²) in [6.45, 7) is 2.58. The van der Waals surface area contributed by atoms with Gasteiger partial charge >= 0.3 is 0 Å². The van der Waals surface area contributed by atoms with Crippen molar-refractivity contribution in [2.24, 2.45) is 0 Å². The van der Waals surface area contributed by atoms with Crippen molar-refractivity contribution in [3.8, 4) is 11.4 Å². The van der Waals surface area contributed by atoms with Gasteiger partial charge in [-0.25, -0.2) is 13.2 Å². The molecule has 2 heterocycles. The average Bonchev–Trinajstić information content (AvgIpc) is 3.36. The molecule has 0 bridgehead atoms. The first-order valence-electron chi connectivity index (χ1n) is 12.0. The molecule has 3 N–H and O–H groups in total. The lowest BCUT2D eigenvalue weighted by Crippen LogP contribution is -2.52.